The number of hydrogen-bond acceptors (Lipinski definition) is 7. The van der Waals surface area contributed by atoms with Gasteiger partial charge in [-0.3, -0.25) is 0 Å². The van der Waals surface area contributed by atoms with Crippen LogP contribution in [0.5, 0.6) is 11.5 Å². The summed E-state index contributed by atoms with van der Waals surface area (Å²) >= 11 is 0. The van der Waals surface area contributed by atoms with Crippen molar-refractivity contribution in [3.8, 4) is 11.5 Å². The molecule has 2 rings (SSSR count). The van der Waals surface area contributed by atoms with E-state index < -0.39 is 0 Å². The summed E-state index contributed by atoms with van der Waals surface area (Å²) in [5.41, 5.74) is 1.07. The third-order valence-corrected chi connectivity index (χ3v) is 3.42. The molecule has 1 aromatic carbocycles. The Labute approximate surface area is 142 Å². The molecule has 24 heavy (non-hydrogen) atoms. The third-order valence-electron chi connectivity index (χ3n) is 3.42. The third kappa shape index (κ3) is 5.27. The first-order valence-electron chi connectivity index (χ1n) is 7.76. The van der Waals surface area contributed by atoms with Crippen LogP contribution in [0.1, 0.15) is 12.0 Å². The zero-order chi connectivity index (χ0) is 17.2. The molecule has 0 saturated heterocycles. The Balaban J connectivity index is 1.92. The number of anilines is 2. The summed E-state index contributed by atoms with van der Waals surface area (Å²) in [6.45, 7) is 2.16. The van der Waals surface area contributed by atoms with Gasteiger partial charge in [-0.05, 0) is 24.1 Å². The molecule has 0 aliphatic rings. The fourth-order valence-electron chi connectivity index (χ4n) is 2.17. The normalized spacial score (nSPS) is 10.3. The first kappa shape index (κ1) is 17.8. The van der Waals surface area contributed by atoms with Crippen molar-refractivity contribution in [2.45, 2.75) is 13.0 Å². The number of ether oxygens (including phenoxy) is 3. The van der Waals surface area contributed by atoms with E-state index in [1.54, 1.807) is 21.3 Å². The molecule has 0 aliphatic heterocycles. The summed E-state index contributed by atoms with van der Waals surface area (Å²) in [5, 5.41) is 6.52. The number of rotatable bonds is 10. The minimum absolute atomic E-state index is 0.625. The summed E-state index contributed by atoms with van der Waals surface area (Å²) < 4.78 is 15.6. The maximum Gasteiger partial charge on any atom is 0.161 e. The minimum Gasteiger partial charge on any atom is -0.493 e. The van der Waals surface area contributed by atoms with Crippen LogP contribution in [0.4, 0.5) is 11.6 Å². The van der Waals surface area contributed by atoms with Crippen molar-refractivity contribution in [1.82, 2.24) is 9.97 Å². The Hall–Kier alpha value is -2.54. The van der Waals surface area contributed by atoms with Gasteiger partial charge in [0.2, 0.25) is 0 Å². The highest BCUT2D eigenvalue weighted by Gasteiger charge is 2.05. The van der Waals surface area contributed by atoms with Crippen molar-refractivity contribution >= 4 is 11.6 Å². The number of methoxy groups -OCH3 is 3. The van der Waals surface area contributed by atoms with Crippen molar-refractivity contribution in [3.63, 3.8) is 0 Å². The molecular formula is C17H24N4O3. The minimum atomic E-state index is 0.625. The standard InChI is InChI=1S/C17H24N4O3/c1-22-8-4-7-18-16-10-17(21-12-20-16)19-11-13-5-6-14(23-2)15(9-13)24-3/h5-6,9-10,12H,4,7-8,11H2,1-3H3,(H2,18,19,20,21). The summed E-state index contributed by atoms with van der Waals surface area (Å²) in [6, 6.07) is 7.70. The van der Waals surface area contributed by atoms with Crippen LogP contribution in [0, 0.1) is 0 Å². The van der Waals surface area contributed by atoms with Crippen molar-refractivity contribution in [3.05, 3.63) is 36.2 Å². The van der Waals surface area contributed by atoms with Crippen LogP contribution < -0.4 is 20.1 Å². The van der Waals surface area contributed by atoms with Gasteiger partial charge in [0, 0.05) is 32.9 Å². The molecule has 130 valence electrons. The van der Waals surface area contributed by atoms with Crippen LogP contribution in [0.3, 0.4) is 0 Å². The molecule has 0 spiro atoms. The lowest BCUT2D eigenvalue weighted by atomic mass is 10.2. The molecule has 7 nitrogen and oxygen atoms in total. The Kier molecular flexibility index (Phi) is 7.10. The van der Waals surface area contributed by atoms with Gasteiger partial charge in [0.1, 0.15) is 18.0 Å². The molecular weight excluding hydrogens is 308 g/mol. The number of nitrogens with one attached hydrogen (secondary N) is 2. The molecule has 0 atom stereocenters. The predicted molar refractivity (Wildman–Crippen MR) is 93.9 cm³/mol. The molecule has 7 heteroatoms. The molecule has 0 radical (unpaired) electrons. The molecule has 2 aromatic rings. The van der Waals surface area contributed by atoms with Gasteiger partial charge < -0.3 is 24.8 Å². The van der Waals surface area contributed by atoms with E-state index >= 15 is 0 Å². The van der Waals surface area contributed by atoms with Crippen LogP contribution >= 0.6 is 0 Å². The molecule has 0 unspecified atom stereocenters. The lowest BCUT2D eigenvalue weighted by Crippen LogP contribution is -2.08. The van der Waals surface area contributed by atoms with E-state index in [0.29, 0.717) is 18.0 Å². The second-order valence-electron chi connectivity index (χ2n) is 5.10. The van der Waals surface area contributed by atoms with Crippen LogP contribution in [0.15, 0.2) is 30.6 Å². The van der Waals surface area contributed by atoms with E-state index in [-0.39, 0.29) is 0 Å². The van der Waals surface area contributed by atoms with E-state index in [1.807, 2.05) is 24.3 Å². The maximum absolute atomic E-state index is 5.31. The molecule has 1 heterocycles. The van der Waals surface area contributed by atoms with Gasteiger partial charge in [-0.25, -0.2) is 9.97 Å². The summed E-state index contributed by atoms with van der Waals surface area (Å²) in [5.74, 6) is 2.97. The van der Waals surface area contributed by atoms with Gasteiger partial charge in [0.15, 0.2) is 11.5 Å². The van der Waals surface area contributed by atoms with E-state index in [2.05, 4.69) is 20.6 Å². The highest BCUT2D eigenvalue weighted by atomic mass is 16.5. The van der Waals surface area contributed by atoms with Crippen LogP contribution in [-0.4, -0.2) is 44.4 Å². The van der Waals surface area contributed by atoms with Crippen LogP contribution in [0.25, 0.3) is 0 Å². The Bertz CT molecular complexity index is 637. The second kappa shape index (κ2) is 9.57. The Morgan fingerprint density at radius 3 is 2.38 bits per heavy atom. The number of benzene rings is 1. The molecule has 0 fully saturated rings. The lowest BCUT2D eigenvalue weighted by Gasteiger charge is -2.11. The average Bonchev–Trinajstić information content (AvgIpc) is 2.63. The van der Waals surface area contributed by atoms with E-state index in [0.717, 1.165) is 36.8 Å². The SMILES string of the molecule is COCCCNc1cc(NCc2ccc(OC)c(OC)c2)ncn1. The van der Waals surface area contributed by atoms with Gasteiger partial charge >= 0.3 is 0 Å². The van der Waals surface area contributed by atoms with Crippen molar-refractivity contribution in [1.29, 1.82) is 0 Å². The van der Waals surface area contributed by atoms with Gasteiger partial charge in [0.25, 0.3) is 0 Å². The van der Waals surface area contributed by atoms with Crippen molar-refractivity contribution in [2.24, 2.45) is 0 Å². The first-order chi connectivity index (χ1) is 11.8. The van der Waals surface area contributed by atoms with E-state index in [4.69, 9.17) is 14.2 Å². The predicted octanol–water partition coefficient (Wildman–Crippen LogP) is 2.55. The zero-order valence-electron chi connectivity index (χ0n) is 14.3. The molecule has 0 bridgehead atoms. The summed E-state index contributed by atoms with van der Waals surface area (Å²) in [7, 11) is 4.94. The summed E-state index contributed by atoms with van der Waals surface area (Å²) in [6.07, 6.45) is 2.46. The molecule has 0 amide bonds. The number of hydrogen-bond donors (Lipinski definition) is 2. The molecule has 0 aliphatic carbocycles. The first-order valence-corrected chi connectivity index (χ1v) is 7.76. The highest BCUT2D eigenvalue weighted by molar-refractivity contribution is 5.48. The highest BCUT2D eigenvalue weighted by Crippen LogP contribution is 2.27. The smallest absolute Gasteiger partial charge is 0.161 e. The van der Waals surface area contributed by atoms with Crippen LogP contribution in [-0.2, 0) is 11.3 Å². The Morgan fingerprint density at radius 1 is 0.917 bits per heavy atom. The topological polar surface area (TPSA) is 77.5 Å². The number of aromatic nitrogens is 2. The quantitative estimate of drug-likeness (QED) is 0.647. The fourth-order valence-corrected chi connectivity index (χ4v) is 2.17. The zero-order valence-corrected chi connectivity index (χ0v) is 14.3. The largest absolute Gasteiger partial charge is 0.493 e. The molecule has 1 aromatic heterocycles. The monoisotopic (exact) mass is 332 g/mol. The van der Waals surface area contributed by atoms with Crippen molar-refractivity contribution < 1.29 is 14.2 Å². The summed E-state index contributed by atoms with van der Waals surface area (Å²) in [4.78, 5) is 8.43. The molecule has 2 N–H and O–H groups in total. The van der Waals surface area contributed by atoms with Gasteiger partial charge in [-0.15, -0.1) is 0 Å². The van der Waals surface area contributed by atoms with Crippen LogP contribution in [0.2, 0.25) is 0 Å². The average molecular weight is 332 g/mol. The fraction of sp³-hybridized carbons (Fsp3) is 0.412. The lowest BCUT2D eigenvalue weighted by molar-refractivity contribution is 0.198. The number of nitrogens with zero attached hydrogens (tertiary/aromatic N) is 2. The van der Waals surface area contributed by atoms with Gasteiger partial charge in [0.05, 0.1) is 14.2 Å². The Morgan fingerprint density at radius 2 is 1.67 bits per heavy atom. The van der Waals surface area contributed by atoms with Crippen molar-refractivity contribution in [2.75, 3.05) is 45.1 Å². The molecule has 0 saturated carbocycles. The maximum atomic E-state index is 5.31. The second-order valence-corrected chi connectivity index (χ2v) is 5.10. The van der Waals surface area contributed by atoms with E-state index in [1.165, 1.54) is 6.33 Å². The van der Waals surface area contributed by atoms with Gasteiger partial charge in [-0.2, -0.15) is 0 Å². The van der Waals surface area contributed by atoms with Gasteiger partial charge in [-0.1, -0.05) is 6.07 Å². The van der Waals surface area contributed by atoms with E-state index in [9.17, 15) is 0 Å².